The van der Waals surface area contributed by atoms with Gasteiger partial charge in [0.1, 0.15) is 0 Å². The van der Waals surface area contributed by atoms with Crippen LogP contribution in [-0.4, -0.2) is 12.8 Å². The molecule has 0 fully saturated rings. The average molecular weight is 462 g/mol. The van der Waals surface area contributed by atoms with Gasteiger partial charge in [-0.3, -0.25) is 0 Å². The SMILES string of the molecule is C=CC/C=C(\C=C\CCN)CC\C=C/C(/C=C(\C=C/C(N)=C\C)C/C=C\C(N)=C(/C)C=N)=C\N. The van der Waals surface area contributed by atoms with Crippen LogP contribution in [0.2, 0.25) is 0 Å². The molecule has 0 unspecified atom stereocenters. The first-order valence-electron chi connectivity index (χ1n) is 11.6. The number of hydrogen-bond acceptors (Lipinski definition) is 5. The molecular formula is C29H43N5. The number of nitrogens with one attached hydrogen (secondary N) is 1. The predicted octanol–water partition coefficient (Wildman–Crippen LogP) is 5.75. The number of hydrogen-bond donors (Lipinski definition) is 5. The molecule has 0 aliphatic carbocycles. The summed E-state index contributed by atoms with van der Waals surface area (Å²) in [7, 11) is 0. The molecule has 34 heavy (non-hydrogen) atoms. The fourth-order valence-corrected chi connectivity index (χ4v) is 2.67. The maximum absolute atomic E-state index is 7.31. The Labute approximate surface area is 206 Å². The zero-order valence-electron chi connectivity index (χ0n) is 20.8. The molecule has 5 heteroatoms. The molecule has 0 radical (unpaired) electrons. The van der Waals surface area contributed by atoms with Crippen molar-refractivity contribution >= 4 is 6.21 Å². The largest absolute Gasteiger partial charge is 0.404 e. The van der Waals surface area contributed by atoms with Gasteiger partial charge in [-0.2, -0.15) is 0 Å². The van der Waals surface area contributed by atoms with Gasteiger partial charge in [0.05, 0.1) is 0 Å². The number of nitrogens with two attached hydrogens (primary N) is 4. The highest BCUT2D eigenvalue weighted by molar-refractivity contribution is 5.76. The van der Waals surface area contributed by atoms with E-state index in [9.17, 15) is 0 Å². The molecule has 0 saturated heterocycles. The topological polar surface area (TPSA) is 128 Å². The van der Waals surface area contributed by atoms with Crippen LogP contribution in [0.4, 0.5) is 0 Å². The van der Waals surface area contributed by atoms with E-state index in [1.165, 1.54) is 11.8 Å². The van der Waals surface area contributed by atoms with Gasteiger partial charge in [-0.15, -0.1) is 6.58 Å². The van der Waals surface area contributed by atoms with E-state index in [1.807, 2.05) is 62.5 Å². The summed E-state index contributed by atoms with van der Waals surface area (Å²) in [4.78, 5) is 0. The van der Waals surface area contributed by atoms with Gasteiger partial charge in [-0.1, -0.05) is 66.3 Å². The first kappa shape index (κ1) is 30.4. The fraction of sp³-hybridized carbons (Fsp3) is 0.276. The van der Waals surface area contributed by atoms with Crippen molar-refractivity contribution < 1.29 is 0 Å². The molecule has 5 nitrogen and oxygen atoms in total. The van der Waals surface area contributed by atoms with Gasteiger partial charge < -0.3 is 28.3 Å². The second-order valence-corrected chi connectivity index (χ2v) is 7.62. The molecule has 0 aromatic rings. The molecule has 0 atom stereocenters. The Morgan fingerprint density at radius 2 is 1.68 bits per heavy atom. The molecule has 9 N–H and O–H groups in total. The van der Waals surface area contributed by atoms with Gasteiger partial charge in [0.25, 0.3) is 0 Å². The molecule has 0 aliphatic rings. The summed E-state index contributed by atoms with van der Waals surface area (Å²) in [5.74, 6) is 0. The zero-order chi connectivity index (χ0) is 25.6. The smallest absolute Gasteiger partial charge is 0.0355 e. The van der Waals surface area contributed by atoms with Gasteiger partial charge in [-0.05, 0) is 81.4 Å². The number of allylic oxidation sites excluding steroid dienone is 15. The lowest BCUT2D eigenvalue weighted by Crippen LogP contribution is -1.98. The molecular weight excluding hydrogens is 418 g/mol. The van der Waals surface area contributed by atoms with E-state index in [0.29, 0.717) is 24.4 Å². The van der Waals surface area contributed by atoms with E-state index in [-0.39, 0.29) is 0 Å². The molecule has 0 amide bonds. The minimum atomic E-state index is 0.571. The fourth-order valence-electron chi connectivity index (χ4n) is 2.67. The second-order valence-electron chi connectivity index (χ2n) is 7.62. The van der Waals surface area contributed by atoms with Crippen LogP contribution in [-0.2, 0) is 0 Å². The summed E-state index contributed by atoms with van der Waals surface area (Å²) in [6, 6.07) is 0. The third kappa shape index (κ3) is 15.3. The lowest BCUT2D eigenvalue weighted by atomic mass is 10.0. The van der Waals surface area contributed by atoms with Crippen LogP contribution in [0.15, 0.2) is 119 Å². The lowest BCUT2D eigenvalue weighted by Gasteiger charge is -2.03. The van der Waals surface area contributed by atoms with Crippen LogP contribution in [0.5, 0.6) is 0 Å². The maximum Gasteiger partial charge on any atom is 0.0355 e. The van der Waals surface area contributed by atoms with Crippen LogP contribution in [0, 0.1) is 5.41 Å². The van der Waals surface area contributed by atoms with Crippen molar-refractivity contribution in [2.45, 2.75) is 46.0 Å². The van der Waals surface area contributed by atoms with Crippen molar-refractivity contribution in [2.24, 2.45) is 22.9 Å². The second kappa shape index (κ2) is 20.1. The highest BCUT2D eigenvalue weighted by atomic mass is 14.6. The third-order valence-corrected chi connectivity index (χ3v) is 4.81. The summed E-state index contributed by atoms with van der Waals surface area (Å²) >= 11 is 0. The summed E-state index contributed by atoms with van der Waals surface area (Å²) in [6.45, 7) is 8.14. The molecule has 184 valence electrons. The Kier molecular flexibility index (Phi) is 18.0. The zero-order valence-corrected chi connectivity index (χ0v) is 20.8. The maximum atomic E-state index is 7.31. The number of rotatable bonds is 16. The van der Waals surface area contributed by atoms with Crippen molar-refractivity contribution in [3.8, 4) is 0 Å². The highest BCUT2D eigenvalue weighted by Crippen LogP contribution is 2.14. The summed E-state index contributed by atoms with van der Waals surface area (Å²) in [5.41, 5.74) is 28.5. The van der Waals surface area contributed by atoms with E-state index in [1.54, 1.807) is 6.20 Å². The van der Waals surface area contributed by atoms with Crippen LogP contribution in [0.25, 0.3) is 0 Å². The van der Waals surface area contributed by atoms with E-state index >= 15 is 0 Å². The monoisotopic (exact) mass is 461 g/mol. The van der Waals surface area contributed by atoms with Crippen molar-refractivity contribution in [3.05, 3.63) is 119 Å². The van der Waals surface area contributed by atoms with Crippen molar-refractivity contribution in [3.63, 3.8) is 0 Å². The Morgan fingerprint density at radius 3 is 2.29 bits per heavy atom. The summed E-state index contributed by atoms with van der Waals surface area (Å²) in [6.07, 6.45) is 31.0. The van der Waals surface area contributed by atoms with Crippen LogP contribution in [0.3, 0.4) is 0 Å². The Morgan fingerprint density at radius 1 is 0.941 bits per heavy atom. The van der Waals surface area contributed by atoms with Crippen LogP contribution >= 0.6 is 0 Å². The van der Waals surface area contributed by atoms with E-state index in [2.05, 4.69) is 30.9 Å². The Balaban J connectivity index is 5.46. The first-order valence-corrected chi connectivity index (χ1v) is 11.6. The normalized spacial score (nSPS) is 15.1. The molecule has 0 spiro atoms. The van der Waals surface area contributed by atoms with Gasteiger partial charge in [0.2, 0.25) is 0 Å². The highest BCUT2D eigenvalue weighted by Gasteiger charge is 1.96. The Bertz CT molecular complexity index is 903. The van der Waals surface area contributed by atoms with E-state index in [4.69, 9.17) is 28.3 Å². The third-order valence-electron chi connectivity index (χ3n) is 4.81. The molecule has 0 aromatic heterocycles. The van der Waals surface area contributed by atoms with Crippen molar-refractivity contribution in [1.29, 1.82) is 5.41 Å². The standard InChI is InChI=1S/C29H43N5/c1-4-6-12-25(14-9-10-20-30)13-7-8-15-27(23-32)21-26(18-19-28(33)5-2)16-11-17-29(34)24(3)22-31/h4-5,8-9,11-12,14-15,17-19,21-23,31H,1,6-7,10,13,16,20,30,32-34H2,2-3H3/b14-9+,15-8-,17-11-,19-18-,25-12-,26-21-,27-23+,28-5+,29-24-,31-22?. The molecule has 0 aromatic carbocycles. The van der Waals surface area contributed by atoms with Crippen molar-refractivity contribution in [1.82, 2.24) is 0 Å². The van der Waals surface area contributed by atoms with E-state index < -0.39 is 0 Å². The minimum Gasteiger partial charge on any atom is -0.404 e. The van der Waals surface area contributed by atoms with E-state index in [0.717, 1.165) is 42.4 Å². The molecule has 0 heterocycles. The predicted molar refractivity (Wildman–Crippen MR) is 151 cm³/mol. The van der Waals surface area contributed by atoms with Gasteiger partial charge in [0, 0.05) is 23.8 Å². The quantitative estimate of drug-likeness (QED) is 0.114. The molecule has 0 aliphatic heterocycles. The first-order chi connectivity index (χ1) is 16.4. The van der Waals surface area contributed by atoms with Crippen molar-refractivity contribution in [2.75, 3.05) is 6.54 Å². The van der Waals surface area contributed by atoms with Gasteiger partial charge in [-0.25, -0.2) is 0 Å². The minimum absolute atomic E-state index is 0.571. The molecule has 0 rings (SSSR count). The Hall–Kier alpha value is -3.57. The summed E-state index contributed by atoms with van der Waals surface area (Å²) < 4.78 is 0. The van der Waals surface area contributed by atoms with Crippen LogP contribution in [0.1, 0.15) is 46.0 Å². The molecule has 0 saturated carbocycles. The van der Waals surface area contributed by atoms with Gasteiger partial charge >= 0.3 is 0 Å². The van der Waals surface area contributed by atoms with Gasteiger partial charge in [0.15, 0.2) is 0 Å². The lowest BCUT2D eigenvalue weighted by molar-refractivity contribution is 0.978. The summed E-state index contributed by atoms with van der Waals surface area (Å²) in [5, 5.41) is 7.31. The van der Waals surface area contributed by atoms with Crippen LogP contribution < -0.4 is 22.9 Å². The average Bonchev–Trinajstić information content (AvgIpc) is 2.85. The molecule has 0 bridgehead atoms.